The van der Waals surface area contributed by atoms with E-state index in [1.165, 1.54) is 0 Å². The van der Waals surface area contributed by atoms with Gasteiger partial charge in [-0.15, -0.1) is 0 Å². The van der Waals surface area contributed by atoms with Gasteiger partial charge in [0.05, 0.1) is 0 Å². The van der Waals surface area contributed by atoms with Gasteiger partial charge in [0.2, 0.25) is 0 Å². The maximum atomic E-state index is 10.9. The zero-order valence-electron chi connectivity index (χ0n) is 7.73. The SMILES string of the molecule is CC1(C)CCC(=O)OC1(C)C. The Morgan fingerprint density at radius 2 is 1.82 bits per heavy atom. The molecular formula is C9H16O2. The van der Waals surface area contributed by atoms with E-state index in [0.29, 0.717) is 6.42 Å². The van der Waals surface area contributed by atoms with Crippen LogP contribution >= 0.6 is 0 Å². The van der Waals surface area contributed by atoms with Gasteiger partial charge in [0, 0.05) is 11.8 Å². The van der Waals surface area contributed by atoms with E-state index in [-0.39, 0.29) is 17.0 Å². The molecule has 1 aliphatic rings. The number of esters is 1. The van der Waals surface area contributed by atoms with Crippen LogP contribution in [0.2, 0.25) is 0 Å². The Bertz CT molecular complexity index is 180. The predicted molar refractivity (Wildman–Crippen MR) is 43.2 cm³/mol. The number of carbonyl (C=O) groups excluding carboxylic acids is 1. The lowest BCUT2D eigenvalue weighted by molar-refractivity contribution is -0.180. The normalized spacial score (nSPS) is 27.8. The molecule has 0 aliphatic carbocycles. The highest BCUT2D eigenvalue weighted by Crippen LogP contribution is 2.41. The van der Waals surface area contributed by atoms with E-state index in [2.05, 4.69) is 13.8 Å². The van der Waals surface area contributed by atoms with Crippen molar-refractivity contribution in [1.82, 2.24) is 0 Å². The minimum atomic E-state index is -0.303. The van der Waals surface area contributed by atoms with E-state index >= 15 is 0 Å². The fourth-order valence-corrected chi connectivity index (χ4v) is 1.19. The van der Waals surface area contributed by atoms with Gasteiger partial charge >= 0.3 is 5.97 Å². The predicted octanol–water partition coefficient (Wildman–Crippen LogP) is 2.13. The highest BCUT2D eigenvalue weighted by atomic mass is 16.6. The van der Waals surface area contributed by atoms with Gasteiger partial charge in [0.15, 0.2) is 0 Å². The molecule has 64 valence electrons. The van der Waals surface area contributed by atoms with Crippen molar-refractivity contribution in [3.63, 3.8) is 0 Å². The number of rotatable bonds is 0. The highest BCUT2D eigenvalue weighted by Gasteiger charge is 2.43. The molecule has 0 spiro atoms. The van der Waals surface area contributed by atoms with Crippen molar-refractivity contribution >= 4 is 5.97 Å². The largest absolute Gasteiger partial charge is 0.459 e. The van der Waals surface area contributed by atoms with Gasteiger partial charge < -0.3 is 4.74 Å². The lowest BCUT2D eigenvalue weighted by Crippen LogP contribution is -2.47. The molecule has 0 aromatic rings. The summed E-state index contributed by atoms with van der Waals surface area (Å²) in [7, 11) is 0. The van der Waals surface area contributed by atoms with Crippen LogP contribution in [-0.4, -0.2) is 11.6 Å². The molecule has 0 amide bonds. The van der Waals surface area contributed by atoms with Gasteiger partial charge in [0.25, 0.3) is 0 Å². The van der Waals surface area contributed by atoms with Crippen molar-refractivity contribution in [1.29, 1.82) is 0 Å². The van der Waals surface area contributed by atoms with Crippen LogP contribution in [0.5, 0.6) is 0 Å². The average Bonchev–Trinajstić information content (AvgIpc) is 1.80. The van der Waals surface area contributed by atoms with Crippen LogP contribution in [0.15, 0.2) is 0 Å². The van der Waals surface area contributed by atoms with E-state index in [4.69, 9.17) is 4.74 Å². The van der Waals surface area contributed by atoms with E-state index in [9.17, 15) is 4.79 Å². The molecule has 0 unspecified atom stereocenters. The molecule has 0 aromatic carbocycles. The molecule has 0 aromatic heterocycles. The van der Waals surface area contributed by atoms with Crippen LogP contribution in [0, 0.1) is 5.41 Å². The zero-order chi connectivity index (χ0) is 8.70. The van der Waals surface area contributed by atoms with E-state index in [1.54, 1.807) is 0 Å². The highest BCUT2D eigenvalue weighted by molar-refractivity contribution is 5.71. The molecule has 0 bridgehead atoms. The molecule has 2 heteroatoms. The van der Waals surface area contributed by atoms with E-state index in [1.807, 2.05) is 13.8 Å². The molecule has 1 heterocycles. The Morgan fingerprint density at radius 3 is 2.18 bits per heavy atom. The topological polar surface area (TPSA) is 26.3 Å². The monoisotopic (exact) mass is 156 g/mol. The second kappa shape index (κ2) is 2.23. The van der Waals surface area contributed by atoms with Gasteiger partial charge in [-0.3, -0.25) is 4.79 Å². The van der Waals surface area contributed by atoms with Crippen molar-refractivity contribution in [2.24, 2.45) is 5.41 Å². The Morgan fingerprint density at radius 1 is 1.27 bits per heavy atom. The summed E-state index contributed by atoms with van der Waals surface area (Å²) < 4.78 is 5.25. The summed E-state index contributed by atoms with van der Waals surface area (Å²) in [6, 6.07) is 0. The Balaban J connectivity index is 2.80. The third-order valence-corrected chi connectivity index (χ3v) is 2.95. The van der Waals surface area contributed by atoms with Crippen LogP contribution in [0.4, 0.5) is 0 Å². The number of cyclic esters (lactones) is 1. The minimum absolute atomic E-state index is 0.0608. The van der Waals surface area contributed by atoms with Crippen molar-refractivity contribution in [3.05, 3.63) is 0 Å². The summed E-state index contributed by atoms with van der Waals surface area (Å²) in [6.07, 6.45) is 1.50. The Kier molecular flexibility index (Phi) is 1.73. The summed E-state index contributed by atoms with van der Waals surface area (Å²) in [5, 5.41) is 0. The maximum Gasteiger partial charge on any atom is 0.306 e. The molecule has 0 radical (unpaired) electrons. The van der Waals surface area contributed by atoms with E-state index in [0.717, 1.165) is 6.42 Å². The van der Waals surface area contributed by atoms with Crippen LogP contribution in [-0.2, 0) is 9.53 Å². The van der Waals surface area contributed by atoms with Gasteiger partial charge in [-0.2, -0.15) is 0 Å². The molecular weight excluding hydrogens is 140 g/mol. The van der Waals surface area contributed by atoms with Gasteiger partial charge in [-0.1, -0.05) is 13.8 Å². The lowest BCUT2D eigenvalue weighted by atomic mass is 9.72. The van der Waals surface area contributed by atoms with Gasteiger partial charge in [-0.25, -0.2) is 0 Å². The Labute approximate surface area is 67.9 Å². The lowest BCUT2D eigenvalue weighted by Gasteiger charge is -2.44. The summed E-state index contributed by atoms with van der Waals surface area (Å²) >= 11 is 0. The molecule has 1 fully saturated rings. The van der Waals surface area contributed by atoms with Crippen LogP contribution in [0.25, 0.3) is 0 Å². The number of hydrogen-bond acceptors (Lipinski definition) is 2. The van der Waals surface area contributed by atoms with Crippen molar-refractivity contribution in [2.45, 2.75) is 46.1 Å². The first kappa shape index (κ1) is 8.57. The number of carbonyl (C=O) groups is 1. The summed E-state index contributed by atoms with van der Waals surface area (Å²) in [6.45, 7) is 8.23. The molecule has 0 saturated carbocycles. The van der Waals surface area contributed by atoms with Crippen molar-refractivity contribution in [2.75, 3.05) is 0 Å². The third kappa shape index (κ3) is 1.39. The summed E-state index contributed by atoms with van der Waals surface area (Å²) in [5.74, 6) is -0.0608. The third-order valence-electron chi connectivity index (χ3n) is 2.95. The second-order valence-electron chi connectivity index (χ2n) is 4.37. The van der Waals surface area contributed by atoms with E-state index < -0.39 is 0 Å². The van der Waals surface area contributed by atoms with Crippen LogP contribution < -0.4 is 0 Å². The molecule has 2 nitrogen and oxygen atoms in total. The number of hydrogen-bond donors (Lipinski definition) is 0. The molecule has 1 aliphatic heterocycles. The zero-order valence-corrected chi connectivity index (χ0v) is 7.73. The van der Waals surface area contributed by atoms with Crippen molar-refractivity contribution in [3.8, 4) is 0 Å². The molecule has 1 saturated heterocycles. The molecule has 0 atom stereocenters. The molecule has 0 N–H and O–H groups in total. The van der Waals surface area contributed by atoms with Crippen molar-refractivity contribution < 1.29 is 9.53 Å². The van der Waals surface area contributed by atoms with Gasteiger partial charge in [0.1, 0.15) is 5.60 Å². The minimum Gasteiger partial charge on any atom is -0.459 e. The standard InChI is InChI=1S/C9H16O2/c1-8(2)6-5-7(10)11-9(8,3)4/h5-6H2,1-4H3. The Hall–Kier alpha value is -0.530. The first-order valence-electron chi connectivity index (χ1n) is 4.07. The second-order valence-corrected chi connectivity index (χ2v) is 4.37. The van der Waals surface area contributed by atoms with Gasteiger partial charge in [-0.05, 0) is 20.3 Å². The first-order chi connectivity index (χ1) is 4.85. The quantitative estimate of drug-likeness (QED) is 0.502. The summed E-state index contributed by atoms with van der Waals surface area (Å²) in [4.78, 5) is 10.9. The summed E-state index contributed by atoms with van der Waals surface area (Å²) in [5.41, 5.74) is -0.191. The molecule has 1 rings (SSSR count). The average molecular weight is 156 g/mol. The maximum absolute atomic E-state index is 10.9. The molecule has 11 heavy (non-hydrogen) atoms. The number of ether oxygens (including phenoxy) is 1. The first-order valence-corrected chi connectivity index (χ1v) is 4.07. The fourth-order valence-electron chi connectivity index (χ4n) is 1.19. The smallest absolute Gasteiger partial charge is 0.306 e. The van der Waals surface area contributed by atoms with Crippen LogP contribution in [0.1, 0.15) is 40.5 Å². The fraction of sp³-hybridized carbons (Fsp3) is 0.889. The van der Waals surface area contributed by atoms with Crippen LogP contribution in [0.3, 0.4) is 0 Å².